The van der Waals surface area contributed by atoms with Gasteiger partial charge in [-0.15, -0.1) is 0 Å². The smallest absolute Gasteiger partial charge is 0.332 e. The van der Waals surface area contributed by atoms with Crippen LogP contribution in [0.5, 0.6) is 0 Å². The van der Waals surface area contributed by atoms with Crippen molar-refractivity contribution in [3.63, 3.8) is 0 Å². The fraction of sp³-hybridized carbons (Fsp3) is 0.714. The van der Waals surface area contributed by atoms with Gasteiger partial charge in [0.05, 0.1) is 6.61 Å². The van der Waals surface area contributed by atoms with Crippen molar-refractivity contribution in [3.8, 4) is 0 Å². The summed E-state index contributed by atoms with van der Waals surface area (Å²) in [5.74, 6) is -2.07. The Hall–Kier alpha value is -1.02. The number of carbonyl (C=O) groups is 2. The third kappa shape index (κ3) is 3.79. The molecule has 0 aliphatic rings. The minimum atomic E-state index is -1.65. The molecule has 0 aliphatic carbocycles. The van der Waals surface area contributed by atoms with Crippen molar-refractivity contribution >= 4 is 11.8 Å². The number of ketones is 1. The van der Waals surface area contributed by atoms with E-state index in [0.717, 1.165) is 0 Å². The molecule has 0 saturated carbocycles. The number of ether oxygens (including phenoxy) is 1. The van der Waals surface area contributed by atoms with Crippen LogP contribution in [0.15, 0.2) is 0 Å². The number of rotatable bonds is 6. The molecule has 0 aromatic rings. The minimum absolute atomic E-state index is 0.797. The molecule has 7 heteroatoms. The zero-order valence-electron chi connectivity index (χ0n) is 7.29. The first-order chi connectivity index (χ1) is 6.56. The summed E-state index contributed by atoms with van der Waals surface area (Å²) >= 11 is 0. The van der Waals surface area contributed by atoms with Crippen LogP contribution in [0.2, 0.25) is 0 Å². The zero-order chi connectivity index (χ0) is 11.1. The van der Waals surface area contributed by atoms with Crippen LogP contribution in [0, 0.1) is 0 Å². The van der Waals surface area contributed by atoms with Gasteiger partial charge in [-0.25, -0.2) is 4.79 Å². The van der Waals surface area contributed by atoms with Gasteiger partial charge in [0, 0.05) is 0 Å². The van der Waals surface area contributed by atoms with Gasteiger partial charge in [-0.3, -0.25) is 4.79 Å². The summed E-state index contributed by atoms with van der Waals surface area (Å²) in [6.45, 7) is -2.68. The van der Waals surface area contributed by atoms with Crippen molar-refractivity contribution in [3.05, 3.63) is 0 Å². The van der Waals surface area contributed by atoms with Crippen LogP contribution in [0.3, 0.4) is 0 Å². The van der Waals surface area contributed by atoms with Crippen molar-refractivity contribution in [2.75, 3.05) is 19.8 Å². The normalized spacial score (nSPS) is 14.6. The molecule has 82 valence electrons. The second-order valence-electron chi connectivity index (χ2n) is 2.44. The lowest BCUT2D eigenvalue weighted by molar-refractivity contribution is -0.166. The number of esters is 1. The highest BCUT2D eigenvalue weighted by atomic mass is 16.6. The number of hydrogen-bond donors (Lipinski definition) is 4. The van der Waals surface area contributed by atoms with E-state index in [1.54, 1.807) is 0 Å². The number of Topliss-reactive ketones (excluding diaryl/α,β-unsaturated/α-hetero) is 1. The van der Waals surface area contributed by atoms with Crippen LogP contribution in [-0.2, 0) is 14.3 Å². The summed E-state index contributed by atoms with van der Waals surface area (Å²) in [6.07, 6.45) is -3.25. The molecule has 0 saturated heterocycles. The minimum Gasteiger partial charge on any atom is -0.450 e. The molecule has 0 aliphatic heterocycles. The highest BCUT2D eigenvalue weighted by Crippen LogP contribution is 2.01. The first kappa shape index (κ1) is 13.0. The maximum Gasteiger partial charge on any atom is 0.332 e. The second-order valence-corrected chi connectivity index (χ2v) is 2.44. The molecule has 14 heavy (non-hydrogen) atoms. The quantitative estimate of drug-likeness (QED) is 0.339. The largest absolute Gasteiger partial charge is 0.450 e. The summed E-state index contributed by atoms with van der Waals surface area (Å²) in [5.41, 5.74) is 0. The van der Waals surface area contributed by atoms with Gasteiger partial charge in [-0.05, 0) is 0 Å². The van der Waals surface area contributed by atoms with E-state index in [1.807, 2.05) is 0 Å². The Morgan fingerprint density at radius 3 is 2.07 bits per heavy atom. The lowest BCUT2D eigenvalue weighted by Gasteiger charge is -2.19. The summed E-state index contributed by atoms with van der Waals surface area (Å²) < 4.78 is 4.30. The molecule has 0 rings (SSSR count). The standard InChI is InChI=1S/C7H12O7/c8-1-4(11)7(5(12)2-9)14-6(13)3-10/h4,7-11H,1-3H2. The molecule has 4 N–H and O–H groups in total. The van der Waals surface area contributed by atoms with Gasteiger partial charge in [-0.2, -0.15) is 0 Å². The second kappa shape index (κ2) is 6.44. The van der Waals surface area contributed by atoms with Crippen molar-refractivity contribution in [2.45, 2.75) is 12.2 Å². The molecule has 0 spiro atoms. The SMILES string of the molecule is O=C(CO)OC(C(=O)CO)C(O)CO. The highest BCUT2D eigenvalue weighted by Gasteiger charge is 2.29. The van der Waals surface area contributed by atoms with Crippen LogP contribution in [0.25, 0.3) is 0 Å². The van der Waals surface area contributed by atoms with Gasteiger partial charge in [0.15, 0.2) is 6.10 Å². The van der Waals surface area contributed by atoms with E-state index in [1.165, 1.54) is 0 Å². The van der Waals surface area contributed by atoms with Crippen LogP contribution < -0.4 is 0 Å². The number of aliphatic hydroxyl groups excluding tert-OH is 4. The predicted molar refractivity (Wildman–Crippen MR) is 42.2 cm³/mol. The van der Waals surface area contributed by atoms with Crippen molar-refractivity contribution in [2.24, 2.45) is 0 Å². The average Bonchev–Trinajstić information content (AvgIpc) is 2.23. The maximum atomic E-state index is 10.9. The molecular weight excluding hydrogens is 196 g/mol. The number of carbonyl (C=O) groups excluding carboxylic acids is 2. The number of hydrogen-bond acceptors (Lipinski definition) is 7. The van der Waals surface area contributed by atoms with E-state index in [2.05, 4.69) is 4.74 Å². The molecule has 2 atom stereocenters. The Labute approximate surface area is 79.5 Å². The third-order valence-corrected chi connectivity index (χ3v) is 1.40. The van der Waals surface area contributed by atoms with Gasteiger partial charge in [0.25, 0.3) is 0 Å². The summed E-state index contributed by atoms with van der Waals surface area (Å²) in [4.78, 5) is 21.4. The van der Waals surface area contributed by atoms with Crippen molar-refractivity contribution in [1.29, 1.82) is 0 Å². The third-order valence-electron chi connectivity index (χ3n) is 1.40. The lowest BCUT2D eigenvalue weighted by Crippen LogP contribution is -2.42. The Balaban J connectivity index is 4.39. The number of aliphatic hydroxyl groups is 4. The monoisotopic (exact) mass is 208 g/mol. The summed E-state index contributed by atoms with van der Waals surface area (Å²) in [5, 5.41) is 34.3. The zero-order valence-corrected chi connectivity index (χ0v) is 7.29. The lowest BCUT2D eigenvalue weighted by atomic mass is 10.1. The van der Waals surface area contributed by atoms with Gasteiger partial charge in [0.1, 0.15) is 19.3 Å². The average molecular weight is 208 g/mol. The molecule has 2 unspecified atom stereocenters. The van der Waals surface area contributed by atoms with Gasteiger partial charge < -0.3 is 25.2 Å². The fourth-order valence-electron chi connectivity index (χ4n) is 0.723. The van der Waals surface area contributed by atoms with Crippen LogP contribution >= 0.6 is 0 Å². The van der Waals surface area contributed by atoms with Gasteiger partial charge >= 0.3 is 5.97 Å². The van der Waals surface area contributed by atoms with E-state index in [0.29, 0.717) is 0 Å². The Morgan fingerprint density at radius 2 is 1.71 bits per heavy atom. The maximum absolute atomic E-state index is 10.9. The first-order valence-electron chi connectivity index (χ1n) is 3.79. The molecule has 0 heterocycles. The topological polar surface area (TPSA) is 124 Å². The van der Waals surface area contributed by atoms with Crippen LogP contribution in [-0.4, -0.2) is 64.2 Å². The molecular formula is C7H12O7. The molecule has 0 amide bonds. The molecule has 0 fully saturated rings. The predicted octanol–water partition coefficient (Wildman–Crippen LogP) is -3.19. The first-order valence-corrected chi connectivity index (χ1v) is 3.79. The Morgan fingerprint density at radius 1 is 1.14 bits per heavy atom. The van der Waals surface area contributed by atoms with E-state index in [9.17, 15) is 9.59 Å². The highest BCUT2D eigenvalue weighted by molar-refractivity contribution is 5.87. The van der Waals surface area contributed by atoms with E-state index < -0.39 is 43.8 Å². The van der Waals surface area contributed by atoms with Crippen LogP contribution in [0.1, 0.15) is 0 Å². The van der Waals surface area contributed by atoms with Crippen molar-refractivity contribution in [1.82, 2.24) is 0 Å². The summed E-state index contributed by atoms with van der Waals surface area (Å²) in [6, 6.07) is 0. The van der Waals surface area contributed by atoms with E-state index >= 15 is 0 Å². The van der Waals surface area contributed by atoms with E-state index in [-0.39, 0.29) is 0 Å². The fourth-order valence-corrected chi connectivity index (χ4v) is 0.723. The van der Waals surface area contributed by atoms with Crippen molar-refractivity contribution < 1.29 is 34.8 Å². The molecule has 7 nitrogen and oxygen atoms in total. The molecule has 0 radical (unpaired) electrons. The van der Waals surface area contributed by atoms with E-state index in [4.69, 9.17) is 20.4 Å². The van der Waals surface area contributed by atoms with Crippen LogP contribution in [0.4, 0.5) is 0 Å². The Kier molecular flexibility index (Phi) is 5.97. The molecule has 0 aromatic heterocycles. The van der Waals surface area contributed by atoms with Gasteiger partial charge in [-0.1, -0.05) is 0 Å². The summed E-state index contributed by atoms with van der Waals surface area (Å²) in [7, 11) is 0. The molecule has 0 bridgehead atoms. The Bertz CT molecular complexity index is 202. The molecule has 0 aromatic carbocycles. The van der Waals surface area contributed by atoms with Gasteiger partial charge in [0.2, 0.25) is 5.78 Å².